The lowest BCUT2D eigenvalue weighted by Crippen LogP contribution is -2.45. The third-order valence-corrected chi connectivity index (χ3v) is 6.27. The molecule has 1 saturated heterocycles. The predicted octanol–water partition coefficient (Wildman–Crippen LogP) is 6.96. The molecule has 0 spiro atoms. The van der Waals surface area contributed by atoms with E-state index in [0.29, 0.717) is 5.56 Å². The SMILES string of the molecule is CC(NC(=O)CC(F)(F)F)c1ccc(N2CCC(c3cc(C(F)(F)F)nc(C(F)(F)F)c3)(C(F)(F)F)C2)cc1. The summed E-state index contributed by atoms with van der Waals surface area (Å²) in [5.41, 5.74) is -8.12. The topological polar surface area (TPSA) is 45.2 Å². The molecule has 1 N–H and O–H groups in total. The lowest BCUT2D eigenvalue weighted by atomic mass is 9.78. The minimum atomic E-state index is -5.44. The summed E-state index contributed by atoms with van der Waals surface area (Å²) in [5, 5.41) is 2.12. The van der Waals surface area contributed by atoms with Crippen LogP contribution in [0.1, 0.15) is 48.3 Å². The Morgan fingerprint density at radius 3 is 1.87 bits per heavy atom. The summed E-state index contributed by atoms with van der Waals surface area (Å²) in [6.07, 6.45) is -23.4. The highest BCUT2D eigenvalue weighted by molar-refractivity contribution is 5.77. The maximum absolute atomic E-state index is 14.3. The molecule has 0 saturated carbocycles. The van der Waals surface area contributed by atoms with Gasteiger partial charge in [-0.05, 0) is 48.7 Å². The van der Waals surface area contributed by atoms with Crippen LogP contribution in [0.3, 0.4) is 0 Å². The third-order valence-electron chi connectivity index (χ3n) is 6.27. The molecule has 2 aromatic rings. The van der Waals surface area contributed by atoms with Crippen molar-refractivity contribution < 1.29 is 57.5 Å². The summed E-state index contributed by atoms with van der Waals surface area (Å²) < 4.78 is 160. The minimum Gasteiger partial charge on any atom is -0.370 e. The van der Waals surface area contributed by atoms with Crippen molar-refractivity contribution in [3.8, 4) is 0 Å². The van der Waals surface area contributed by atoms with Crippen LogP contribution in [0.2, 0.25) is 0 Å². The van der Waals surface area contributed by atoms with Crippen molar-refractivity contribution >= 4 is 11.6 Å². The summed E-state index contributed by atoms with van der Waals surface area (Å²) in [6.45, 7) is -0.0260. The van der Waals surface area contributed by atoms with Gasteiger partial charge in [0.05, 0.1) is 6.04 Å². The summed E-state index contributed by atoms with van der Waals surface area (Å²) >= 11 is 0. The molecule has 1 aromatic carbocycles. The lowest BCUT2D eigenvalue weighted by molar-refractivity contribution is -0.185. The molecule has 0 bridgehead atoms. The van der Waals surface area contributed by atoms with Crippen molar-refractivity contribution in [3.63, 3.8) is 0 Å². The monoisotopic (exact) mass is 581 g/mol. The number of rotatable bonds is 5. The highest BCUT2D eigenvalue weighted by Gasteiger charge is 2.60. The zero-order valence-corrected chi connectivity index (χ0v) is 19.7. The lowest BCUT2D eigenvalue weighted by Gasteiger charge is -2.33. The van der Waals surface area contributed by atoms with Crippen LogP contribution in [0.5, 0.6) is 0 Å². The first-order chi connectivity index (χ1) is 17.6. The Hall–Kier alpha value is -3.20. The van der Waals surface area contributed by atoms with Crippen LogP contribution in [0.25, 0.3) is 0 Å². The summed E-state index contributed by atoms with van der Waals surface area (Å²) in [4.78, 5) is 15.1. The summed E-state index contributed by atoms with van der Waals surface area (Å²) in [5.74, 6) is -1.30. The molecule has 1 amide bonds. The number of pyridine rings is 1. The number of carbonyl (C=O) groups is 1. The van der Waals surface area contributed by atoms with Gasteiger partial charge in [0.2, 0.25) is 5.91 Å². The number of nitrogens with one attached hydrogen (secondary N) is 1. The van der Waals surface area contributed by atoms with Gasteiger partial charge in [0.1, 0.15) is 23.2 Å². The van der Waals surface area contributed by atoms with Gasteiger partial charge in [0.15, 0.2) is 0 Å². The molecule has 4 nitrogen and oxygen atoms in total. The van der Waals surface area contributed by atoms with Gasteiger partial charge < -0.3 is 10.2 Å². The number of hydrogen-bond acceptors (Lipinski definition) is 3. The fourth-order valence-electron chi connectivity index (χ4n) is 4.29. The van der Waals surface area contributed by atoms with Crippen LogP contribution in [0.4, 0.5) is 58.4 Å². The Kier molecular flexibility index (Phi) is 7.84. The normalized spacial score (nSPS) is 19.8. The Morgan fingerprint density at radius 1 is 0.923 bits per heavy atom. The van der Waals surface area contributed by atoms with Gasteiger partial charge in [-0.15, -0.1) is 0 Å². The van der Waals surface area contributed by atoms with Crippen molar-refractivity contribution in [1.82, 2.24) is 10.3 Å². The smallest absolute Gasteiger partial charge is 0.370 e. The summed E-state index contributed by atoms with van der Waals surface area (Å²) in [6, 6.07) is 4.24. The number of benzene rings is 1. The van der Waals surface area contributed by atoms with Crippen LogP contribution in [-0.2, 0) is 22.6 Å². The van der Waals surface area contributed by atoms with Crippen LogP contribution in [0.15, 0.2) is 36.4 Å². The molecule has 216 valence electrons. The molecule has 1 aliphatic heterocycles. The predicted molar refractivity (Wildman–Crippen MR) is 112 cm³/mol. The number of nitrogens with zero attached hydrogens (tertiary/aromatic N) is 2. The maximum Gasteiger partial charge on any atom is 0.433 e. The number of aromatic nitrogens is 1. The van der Waals surface area contributed by atoms with E-state index >= 15 is 0 Å². The molecule has 1 fully saturated rings. The van der Waals surface area contributed by atoms with Crippen molar-refractivity contribution in [2.24, 2.45) is 0 Å². The van der Waals surface area contributed by atoms with Gasteiger partial charge in [-0.25, -0.2) is 4.98 Å². The van der Waals surface area contributed by atoms with Crippen molar-refractivity contribution in [2.45, 2.75) is 55.9 Å². The molecule has 0 radical (unpaired) electrons. The largest absolute Gasteiger partial charge is 0.433 e. The zero-order chi connectivity index (χ0) is 29.6. The van der Waals surface area contributed by atoms with Crippen LogP contribution in [0, 0.1) is 0 Å². The van der Waals surface area contributed by atoms with E-state index in [-0.39, 0.29) is 24.4 Å². The number of carbonyl (C=O) groups excluding carboxylic acids is 1. The van der Waals surface area contributed by atoms with Gasteiger partial charge in [-0.2, -0.15) is 52.7 Å². The first kappa shape index (κ1) is 30.3. The van der Waals surface area contributed by atoms with Crippen LogP contribution in [-0.4, -0.2) is 36.3 Å². The summed E-state index contributed by atoms with van der Waals surface area (Å²) in [7, 11) is 0. The third kappa shape index (κ3) is 6.87. The minimum absolute atomic E-state index is 0.0271. The van der Waals surface area contributed by atoms with E-state index in [9.17, 15) is 57.5 Å². The average Bonchev–Trinajstić information content (AvgIpc) is 3.23. The Morgan fingerprint density at radius 2 is 1.44 bits per heavy atom. The van der Waals surface area contributed by atoms with E-state index < -0.39 is 78.4 Å². The maximum atomic E-state index is 14.3. The molecular formula is C23H19F12N3O. The van der Waals surface area contributed by atoms with Crippen molar-refractivity contribution in [1.29, 1.82) is 0 Å². The Labute approximate surface area is 213 Å². The number of amides is 1. The molecule has 1 aromatic heterocycles. The van der Waals surface area contributed by atoms with Gasteiger partial charge in [-0.3, -0.25) is 4.79 Å². The molecule has 2 atom stereocenters. The van der Waals surface area contributed by atoms with E-state index in [2.05, 4.69) is 10.3 Å². The first-order valence-electron chi connectivity index (χ1n) is 11.1. The fraction of sp³-hybridized carbons (Fsp3) is 0.478. The molecule has 2 unspecified atom stereocenters. The van der Waals surface area contributed by atoms with Crippen molar-refractivity contribution in [3.05, 3.63) is 58.9 Å². The molecule has 3 rings (SSSR count). The number of alkyl halides is 12. The zero-order valence-electron chi connectivity index (χ0n) is 19.7. The quantitative estimate of drug-likeness (QED) is 0.389. The van der Waals surface area contributed by atoms with E-state index in [1.165, 1.54) is 31.2 Å². The van der Waals surface area contributed by atoms with Gasteiger partial charge >= 0.3 is 24.7 Å². The van der Waals surface area contributed by atoms with E-state index in [1.54, 1.807) is 0 Å². The number of anilines is 1. The fourth-order valence-corrected chi connectivity index (χ4v) is 4.29. The first-order valence-corrected chi connectivity index (χ1v) is 11.1. The highest BCUT2D eigenvalue weighted by atomic mass is 19.4. The second kappa shape index (κ2) is 10.1. The van der Waals surface area contributed by atoms with E-state index in [1.807, 2.05) is 0 Å². The van der Waals surface area contributed by atoms with Gasteiger partial charge in [-0.1, -0.05) is 12.1 Å². The molecule has 0 aliphatic carbocycles. The average molecular weight is 581 g/mol. The second-order valence-corrected chi connectivity index (χ2v) is 9.05. The van der Waals surface area contributed by atoms with E-state index in [0.717, 1.165) is 4.90 Å². The Bertz CT molecular complexity index is 1150. The van der Waals surface area contributed by atoms with Gasteiger partial charge in [0, 0.05) is 18.8 Å². The Balaban J connectivity index is 1.91. The molecule has 39 heavy (non-hydrogen) atoms. The highest BCUT2D eigenvalue weighted by Crippen LogP contribution is 2.50. The van der Waals surface area contributed by atoms with Crippen molar-refractivity contribution in [2.75, 3.05) is 18.0 Å². The molecular weight excluding hydrogens is 562 g/mol. The van der Waals surface area contributed by atoms with Crippen LogP contribution >= 0.6 is 0 Å². The second-order valence-electron chi connectivity index (χ2n) is 9.05. The molecule has 1 aliphatic rings. The van der Waals surface area contributed by atoms with Gasteiger partial charge in [0.25, 0.3) is 0 Å². The molecule has 16 heteroatoms. The number of hydrogen-bond donors (Lipinski definition) is 1. The van der Waals surface area contributed by atoms with Crippen LogP contribution < -0.4 is 10.2 Å². The standard InChI is InChI=1S/C23H19F12N3O/c1-12(36-18(39)10-20(24,25)26)13-2-4-15(5-3-13)38-7-6-19(11-38,23(33,34)35)14-8-16(21(27,28)29)37-17(9-14)22(30,31)32/h2-5,8-9,12H,6-7,10-11H2,1H3,(H,36,39). The molecule has 2 heterocycles. The number of halogens is 12. The van der Waals surface area contributed by atoms with E-state index in [4.69, 9.17) is 0 Å².